The second-order valence-electron chi connectivity index (χ2n) is 1.65. The molecule has 58 valence electrons. The van der Waals surface area contributed by atoms with Gasteiger partial charge in [-0.05, 0) is 13.8 Å². The quantitative estimate of drug-likeness (QED) is 0.510. The van der Waals surface area contributed by atoms with E-state index in [4.69, 9.17) is 0 Å². The Morgan fingerprint density at radius 2 is 1.80 bits per heavy atom. The minimum absolute atomic E-state index is 1.24. The van der Waals surface area contributed by atoms with E-state index in [2.05, 4.69) is 6.58 Å². The molecule has 0 spiro atoms. The second kappa shape index (κ2) is 11.1. The van der Waals surface area contributed by atoms with Gasteiger partial charge in [0.15, 0.2) is 0 Å². The molecule has 0 aliphatic carbocycles. The maximum absolute atomic E-state index is 3.57. The van der Waals surface area contributed by atoms with Crippen molar-refractivity contribution in [3.8, 4) is 0 Å². The SMILES string of the molecule is C=C/C=C(C)\C=C/C.CC. The molecular formula is C10H18. The summed E-state index contributed by atoms with van der Waals surface area (Å²) in [6.07, 6.45) is 7.81. The van der Waals surface area contributed by atoms with Crippen molar-refractivity contribution < 1.29 is 0 Å². The molecule has 0 aromatic rings. The van der Waals surface area contributed by atoms with Crippen LogP contribution in [0.1, 0.15) is 27.7 Å². The van der Waals surface area contributed by atoms with Crippen LogP contribution in [0, 0.1) is 0 Å². The highest BCUT2D eigenvalue weighted by atomic mass is 13.8. The summed E-state index contributed by atoms with van der Waals surface area (Å²) in [7, 11) is 0. The smallest absolute Gasteiger partial charge is 0.0398 e. The third-order valence-corrected chi connectivity index (χ3v) is 0.810. The van der Waals surface area contributed by atoms with Gasteiger partial charge in [0.2, 0.25) is 0 Å². The van der Waals surface area contributed by atoms with Crippen LogP contribution in [0.5, 0.6) is 0 Å². The molecular weight excluding hydrogens is 120 g/mol. The van der Waals surface area contributed by atoms with E-state index in [0.717, 1.165) is 0 Å². The van der Waals surface area contributed by atoms with Crippen molar-refractivity contribution in [1.82, 2.24) is 0 Å². The molecule has 0 unspecified atom stereocenters. The van der Waals surface area contributed by atoms with Crippen LogP contribution in [0.4, 0.5) is 0 Å². The standard InChI is InChI=1S/C8H12.C2H6/c1-4-6-8(3)7-5-2;1-2/h4-7H,1H2,2-3H3;1-2H3/b7-5-,8-6-;. The van der Waals surface area contributed by atoms with Crippen molar-refractivity contribution >= 4 is 0 Å². The van der Waals surface area contributed by atoms with Crippen LogP contribution in [0.2, 0.25) is 0 Å². The molecule has 10 heavy (non-hydrogen) atoms. The van der Waals surface area contributed by atoms with Gasteiger partial charge in [0.1, 0.15) is 0 Å². The summed E-state index contributed by atoms with van der Waals surface area (Å²) >= 11 is 0. The lowest BCUT2D eigenvalue weighted by Crippen LogP contribution is -1.61. The Kier molecular flexibility index (Phi) is 13.2. The third-order valence-electron chi connectivity index (χ3n) is 0.810. The lowest BCUT2D eigenvalue weighted by Gasteiger charge is -1.82. The summed E-state index contributed by atoms with van der Waals surface area (Å²) in [6.45, 7) is 11.6. The molecule has 0 fully saturated rings. The van der Waals surface area contributed by atoms with E-state index in [-0.39, 0.29) is 0 Å². The van der Waals surface area contributed by atoms with Gasteiger partial charge < -0.3 is 0 Å². The van der Waals surface area contributed by atoms with Crippen molar-refractivity contribution in [3.05, 3.63) is 36.5 Å². The first-order chi connectivity index (χ1) is 4.81. The molecule has 0 aliphatic heterocycles. The molecule has 0 amide bonds. The Bertz CT molecular complexity index is 116. The summed E-state index contributed by atoms with van der Waals surface area (Å²) in [5.74, 6) is 0. The highest BCUT2D eigenvalue weighted by molar-refractivity contribution is 5.19. The molecule has 0 aromatic heterocycles. The lowest BCUT2D eigenvalue weighted by molar-refractivity contribution is 1.50. The first-order valence-corrected chi connectivity index (χ1v) is 3.73. The van der Waals surface area contributed by atoms with Gasteiger partial charge in [0.05, 0.1) is 0 Å². The van der Waals surface area contributed by atoms with Crippen molar-refractivity contribution in [1.29, 1.82) is 0 Å². The predicted octanol–water partition coefficient (Wildman–Crippen LogP) is 3.72. The van der Waals surface area contributed by atoms with Gasteiger partial charge in [-0.1, -0.05) is 50.3 Å². The first kappa shape index (κ1) is 12.0. The van der Waals surface area contributed by atoms with E-state index in [9.17, 15) is 0 Å². The number of rotatable bonds is 2. The van der Waals surface area contributed by atoms with Gasteiger partial charge in [0.25, 0.3) is 0 Å². The molecule has 0 atom stereocenters. The zero-order chi connectivity index (χ0) is 8.41. The molecule has 0 heteroatoms. The monoisotopic (exact) mass is 138 g/mol. The summed E-state index contributed by atoms with van der Waals surface area (Å²) in [5, 5.41) is 0. The van der Waals surface area contributed by atoms with Crippen molar-refractivity contribution in [2.45, 2.75) is 27.7 Å². The summed E-state index contributed by atoms with van der Waals surface area (Å²) in [4.78, 5) is 0. The minimum Gasteiger partial charge on any atom is -0.0991 e. The van der Waals surface area contributed by atoms with Gasteiger partial charge in [0, 0.05) is 0 Å². The normalized spacial score (nSPS) is 10.6. The highest BCUT2D eigenvalue weighted by Crippen LogP contribution is 1.92. The van der Waals surface area contributed by atoms with Gasteiger partial charge in [-0.2, -0.15) is 0 Å². The van der Waals surface area contributed by atoms with E-state index < -0.39 is 0 Å². The number of hydrogen-bond donors (Lipinski definition) is 0. The van der Waals surface area contributed by atoms with Crippen molar-refractivity contribution in [3.63, 3.8) is 0 Å². The van der Waals surface area contributed by atoms with E-state index in [1.807, 2.05) is 45.9 Å². The van der Waals surface area contributed by atoms with Crippen LogP contribution in [0.15, 0.2) is 36.5 Å². The van der Waals surface area contributed by atoms with Crippen LogP contribution in [-0.2, 0) is 0 Å². The van der Waals surface area contributed by atoms with Gasteiger partial charge >= 0.3 is 0 Å². The average Bonchev–Trinajstić information content (AvgIpc) is 1.93. The number of allylic oxidation sites excluding steroid dienone is 5. The van der Waals surface area contributed by atoms with Crippen LogP contribution in [0.3, 0.4) is 0 Å². The summed E-state index contributed by atoms with van der Waals surface area (Å²) in [5.41, 5.74) is 1.24. The van der Waals surface area contributed by atoms with Gasteiger partial charge in [-0.15, -0.1) is 0 Å². The molecule has 0 aliphatic rings. The molecule has 0 nitrogen and oxygen atoms in total. The van der Waals surface area contributed by atoms with Crippen LogP contribution >= 0.6 is 0 Å². The fraction of sp³-hybridized carbons (Fsp3) is 0.400. The number of hydrogen-bond acceptors (Lipinski definition) is 0. The van der Waals surface area contributed by atoms with Gasteiger partial charge in [-0.3, -0.25) is 0 Å². The first-order valence-electron chi connectivity index (χ1n) is 3.73. The van der Waals surface area contributed by atoms with E-state index in [1.165, 1.54) is 5.57 Å². The predicted molar refractivity (Wildman–Crippen MR) is 50.1 cm³/mol. The van der Waals surface area contributed by atoms with Crippen molar-refractivity contribution in [2.75, 3.05) is 0 Å². The molecule has 0 rings (SSSR count). The Balaban J connectivity index is 0. The molecule has 0 N–H and O–H groups in total. The molecule has 0 aromatic carbocycles. The fourth-order valence-electron chi connectivity index (χ4n) is 0.504. The Labute approximate surface area is 65.0 Å². The van der Waals surface area contributed by atoms with E-state index in [0.29, 0.717) is 0 Å². The van der Waals surface area contributed by atoms with Crippen LogP contribution < -0.4 is 0 Å². The molecule has 0 saturated carbocycles. The van der Waals surface area contributed by atoms with Crippen LogP contribution in [-0.4, -0.2) is 0 Å². The largest absolute Gasteiger partial charge is 0.0991 e. The fourth-order valence-corrected chi connectivity index (χ4v) is 0.504. The Morgan fingerprint density at radius 3 is 2.10 bits per heavy atom. The maximum atomic E-state index is 3.57. The van der Waals surface area contributed by atoms with E-state index >= 15 is 0 Å². The molecule has 0 saturated heterocycles. The second-order valence-corrected chi connectivity index (χ2v) is 1.65. The summed E-state index contributed by atoms with van der Waals surface area (Å²) < 4.78 is 0. The average molecular weight is 138 g/mol. The Hall–Kier alpha value is -0.780. The minimum atomic E-state index is 1.24. The molecule has 0 radical (unpaired) electrons. The molecule has 0 bridgehead atoms. The highest BCUT2D eigenvalue weighted by Gasteiger charge is 1.71. The maximum Gasteiger partial charge on any atom is -0.0398 e. The summed E-state index contributed by atoms with van der Waals surface area (Å²) in [6, 6.07) is 0. The zero-order valence-electron chi connectivity index (χ0n) is 7.52. The van der Waals surface area contributed by atoms with Crippen molar-refractivity contribution in [2.24, 2.45) is 0 Å². The van der Waals surface area contributed by atoms with Gasteiger partial charge in [-0.25, -0.2) is 0 Å². The lowest BCUT2D eigenvalue weighted by atomic mass is 10.2. The van der Waals surface area contributed by atoms with E-state index in [1.54, 1.807) is 6.08 Å². The zero-order valence-corrected chi connectivity index (χ0v) is 7.52. The topological polar surface area (TPSA) is 0 Å². The van der Waals surface area contributed by atoms with Crippen LogP contribution in [0.25, 0.3) is 0 Å². The Morgan fingerprint density at radius 1 is 1.30 bits per heavy atom. The third kappa shape index (κ3) is 10.3. The molecule has 0 heterocycles.